The lowest BCUT2D eigenvalue weighted by molar-refractivity contribution is -0.138. The van der Waals surface area contributed by atoms with E-state index in [1.54, 1.807) is 0 Å². The fourth-order valence-electron chi connectivity index (χ4n) is 1.31. The van der Waals surface area contributed by atoms with Gasteiger partial charge in [0, 0.05) is 0 Å². The normalized spacial score (nSPS) is 12.4. The average molecular weight is 272 g/mol. The van der Waals surface area contributed by atoms with Crippen LogP contribution in [0.5, 0.6) is 5.75 Å². The number of methoxy groups -OCH3 is 1. The molecule has 0 fully saturated rings. The number of alkyl halides is 6. The first-order chi connectivity index (χ1) is 8.09. The molecule has 0 unspecified atom stereocenters. The topological polar surface area (TPSA) is 26.3 Å². The summed E-state index contributed by atoms with van der Waals surface area (Å²) in [7, 11) is 0.762. The van der Waals surface area contributed by atoms with E-state index < -0.39 is 35.0 Å². The number of para-hydroxylation sites is 1. The molecule has 0 N–H and O–H groups in total. The van der Waals surface area contributed by atoms with E-state index >= 15 is 0 Å². The Hall–Kier alpha value is -1.73. The van der Waals surface area contributed by atoms with Crippen LogP contribution in [-0.4, -0.2) is 19.1 Å². The molecule has 0 radical (unpaired) electrons. The van der Waals surface area contributed by atoms with Gasteiger partial charge in [0.2, 0.25) is 0 Å². The lowest BCUT2D eigenvalue weighted by atomic mass is 10.0. The molecule has 2 nitrogen and oxygen atoms in total. The molecule has 0 aliphatic heterocycles. The highest BCUT2D eigenvalue weighted by atomic mass is 19.4. The van der Waals surface area contributed by atoms with E-state index in [2.05, 4.69) is 4.74 Å². The molecule has 0 amide bonds. The van der Waals surface area contributed by atoms with E-state index in [1.807, 2.05) is 0 Å². The Balaban J connectivity index is 3.44. The summed E-state index contributed by atoms with van der Waals surface area (Å²) in [5, 5.41) is 0. The quantitative estimate of drug-likeness (QED) is 0.608. The molecule has 1 rings (SSSR count). The largest absolute Gasteiger partial charge is 0.495 e. The number of ketones is 1. The second kappa shape index (κ2) is 4.51. The molecule has 0 aliphatic carbocycles. The van der Waals surface area contributed by atoms with Crippen LogP contribution in [0.25, 0.3) is 0 Å². The molecule has 1 aromatic carbocycles. The van der Waals surface area contributed by atoms with E-state index in [-0.39, 0.29) is 0 Å². The van der Waals surface area contributed by atoms with Gasteiger partial charge >= 0.3 is 12.4 Å². The van der Waals surface area contributed by atoms with Gasteiger partial charge in [0.25, 0.3) is 5.78 Å². The number of hydrogen-bond donors (Lipinski definition) is 0. The Kier molecular flexibility index (Phi) is 3.59. The van der Waals surface area contributed by atoms with Crippen molar-refractivity contribution >= 4 is 5.78 Å². The summed E-state index contributed by atoms with van der Waals surface area (Å²) >= 11 is 0. The van der Waals surface area contributed by atoms with Gasteiger partial charge in [-0.05, 0) is 12.1 Å². The second-order valence-electron chi connectivity index (χ2n) is 3.21. The van der Waals surface area contributed by atoms with E-state index in [0.717, 1.165) is 7.11 Å². The average Bonchev–Trinajstić information content (AvgIpc) is 2.24. The van der Waals surface area contributed by atoms with Gasteiger partial charge in [-0.3, -0.25) is 4.79 Å². The Morgan fingerprint density at radius 1 is 1.11 bits per heavy atom. The van der Waals surface area contributed by atoms with Crippen LogP contribution >= 0.6 is 0 Å². The van der Waals surface area contributed by atoms with E-state index in [4.69, 9.17) is 0 Å². The first-order valence-corrected chi connectivity index (χ1v) is 4.44. The SMILES string of the molecule is COc1c(C(=O)C(F)(F)F)cccc1C(F)(F)F. The lowest BCUT2D eigenvalue weighted by Gasteiger charge is -2.15. The van der Waals surface area contributed by atoms with Gasteiger partial charge in [-0.1, -0.05) is 6.07 Å². The van der Waals surface area contributed by atoms with Crippen LogP contribution < -0.4 is 4.74 Å². The first kappa shape index (κ1) is 14.3. The van der Waals surface area contributed by atoms with Crippen molar-refractivity contribution in [2.45, 2.75) is 12.4 Å². The number of carbonyl (C=O) groups is 1. The van der Waals surface area contributed by atoms with Gasteiger partial charge < -0.3 is 4.74 Å². The maximum atomic E-state index is 12.5. The minimum atomic E-state index is -5.27. The summed E-state index contributed by atoms with van der Waals surface area (Å²) in [4.78, 5) is 11.0. The fourth-order valence-corrected chi connectivity index (χ4v) is 1.31. The van der Waals surface area contributed by atoms with Crippen LogP contribution in [0.2, 0.25) is 0 Å². The highest BCUT2D eigenvalue weighted by molar-refractivity contribution is 6.02. The Bertz CT molecular complexity index is 460. The fraction of sp³-hybridized carbons (Fsp3) is 0.300. The van der Waals surface area contributed by atoms with Crippen LogP contribution in [0.4, 0.5) is 26.3 Å². The minimum Gasteiger partial charge on any atom is -0.495 e. The van der Waals surface area contributed by atoms with Crippen LogP contribution in [0.1, 0.15) is 15.9 Å². The zero-order valence-corrected chi connectivity index (χ0v) is 8.82. The molecule has 0 bridgehead atoms. The molecule has 0 spiro atoms. The van der Waals surface area contributed by atoms with Crippen LogP contribution in [0, 0.1) is 0 Å². The highest BCUT2D eigenvalue weighted by Crippen LogP contribution is 2.39. The van der Waals surface area contributed by atoms with Crippen molar-refractivity contribution in [2.24, 2.45) is 0 Å². The maximum Gasteiger partial charge on any atom is 0.455 e. The molecule has 0 heterocycles. The molecular weight excluding hydrogens is 266 g/mol. The van der Waals surface area contributed by atoms with E-state index in [9.17, 15) is 31.1 Å². The summed E-state index contributed by atoms with van der Waals surface area (Å²) in [6, 6.07) is 1.88. The number of Topliss-reactive ketones (excluding diaryl/α,β-unsaturated/α-hetero) is 1. The zero-order valence-electron chi connectivity index (χ0n) is 8.82. The van der Waals surface area contributed by atoms with Gasteiger partial charge in [-0.15, -0.1) is 0 Å². The standard InChI is InChI=1S/C10H6F6O2/c1-18-7-5(8(17)10(14,15)16)3-2-4-6(7)9(11,12)13/h2-4H,1H3. The van der Waals surface area contributed by atoms with Gasteiger partial charge in [-0.2, -0.15) is 26.3 Å². The van der Waals surface area contributed by atoms with Crippen molar-refractivity contribution in [1.29, 1.82) is 0 Å². The molecule has 100 valence electrons. The maximum absolute atomic E-state index is 12.5. The van der Waals surface area contributed by atoms with Gasteiger partial charge in [0.1, 0.15) is 5.75 Å². The van der Waals surface area contributed by atoms with Crippen molar-refractivity contribution in [3.8, 4) is 5.75 Å². The third-order valence-corrected chi connectivity index (χ3v) is 2.03. The Morgan fingerprint density at radius 2 is 1.67 bits per heavy atom. The number of benzene rings is 1. The third-order valence-electron chi connectivity index (χ3n) is 2.03. The molecular formula is C10H6F6O2. The second-order valence-corrected chi connectivity index (χ2v) is 3.21. The first-order valence-electron chi connectivity index (χ1n) is 4.44. The Labute approximate surface area is 97.2 Å². The number of rotatable bonds is 2. The van der Waals surface area contributed by atoms with Crippen molar-refractivity contribution in [2.75, 3.05) is 7.11 Å². The molecule has 0 aromatic heterocycles. The van der Waals surface area contributed by atoms with E-state index in [0.29, 0.717) is 18.2 Å². The Morgan fingerprint density at radius 3 is 2.06 bits per heavy atom. The summed E-state index contributed by atoms with van der Waals surface area (Å²) in [5.74, 6) is -3.52. The minimum absolute atomic E-state index is 0.534. The van der Waals surface area contributed by atoms with Crippen molar-refractivity contribution in [1.82, 2.24) is 0 Å². The predicted octanol–water partition coefficient (Wildman–Crippen LogP) is 3.46. The van der Waals surface area contributed by atoms with Gasteiger partial charge in [0.05, 0.1) is 18.2 Å². The van der Waals surface area contributed by atoms with Crippen molar-refractivity contribution < 1.29 is 35.9 Å². The van der Waals surface area contributed by atoms with Crippen LogP contribution in [0.15, 0.2) is 18.2 Å². The van der Waals surface area contributed by atoms with Crippen molar-refractivity contribution in [3.63, 3.8) is 0 Å². The number of halogens is 6. The molecule has 8 heteroatoms. The number of ether oxygens (including phenoxy) is 1. The number of carbonyl (C=O) groups excluding carboxylic acids is 1. The van der Waals surface area contributed by atoms with E-state index in [1.165, 1.54) is 0 Å². The highest BCUT2D eigenvalue weighted by Gasteiger charge is 2.43. The third kappa shape index (κ3) is 2.74. The zero-order chi connectivity index (χ0) is 14.1. The molecule has 18 heavy (non-hydrogen) atoms. The molecule has 0 aliphatic rings. The molecule has 0 saturated carbocycles. The summed E-state index contributed by atoms with van der Waals surface area (Å²) < 4.78 is 78.4. The van der Waals surface area contributed by atoms with Gasteiger partial charge in [-0.25, -0.2) is 0 Å². The molecule has 0 atom stereocenters. The molecule has 0 saturated heterocycles. The summed E-state index contributed by atoms with van der Waals surface area (Å²) in [6.45, 7) is 0. The van der Waals surface area contributed by atoms with Gasteiger partial charge in [0.15, 0.2) is 0 Å². The van der Waals surface area contributed by atoms with Crippen LogP contribution in [0.3, 0.4) is 0 Å². The van der Waals surface area contributed by atoms with Crippen molar-refractivity contribution in [3.05, 3.63) is 29.3 Å². The predicted molar refractivity (Wildman–Crippen MR) is 48.4 cm³/mol. The number of hydrogen-bond acceptors (Lipinski definition) is 2. The molecule has 1 aromatic rings. The smallest absolute Gasteiger partial charge is 0.455 e. The monoisotopic (exact) mass is 272 g/mol. The summed E-state index contributed by atoms with van der Waals surface area (Å²) in [5.41, 5.74) is -2.60. The van der Waals surface area contributed by atoms with Crippen LogP contribution in [-0.2, 0) is 6.18 Å². The lowest BCUT2D eigenvalue weighted by Crippen LogP contribution is -2.24. The summed E-state index contributed by atoms with van der Waals surface area (Å²) in [6.07, 6.45) is -10.2.